The molecule has 0 amide bonds. The summed E-state index contributed by atoms with van der Waals surface area (Å²) < 4.78 is 26.1. The van der Waals surface area contributed by atoms with Crippen LogP contribution in [0.15, 0.2) is 12.1 Å². The predicted molar refractivity (Wildman–Crippen MR) is 66.1 cm³/mol. The average molecular weight is 304 g/mol. The molecule has 1 aromatic heterocycles. The van der Waals surface area contributed by atoms with Crippen LogP contribution >= 0.6 is 0 Å². The Kier molecular flexibility index (Phi) is 4.49. The van der Waals surface area contributed by atoms with Crippen LogP contribution < -0.4 is 0 Å². The molecular formula is C12H14F2N2O5. The third kappa shape index (κ3) is 3.01. The SMILES string of the molecule is OCC(O)[C@H](O)C(O)[C@H](O)c1nc2cc(F)c(F)cc2[nH]1. The van der Waals surface area contributed by atoms with E-state index in [0.717, 1.165) is 12.1 Å². The third-order valence-corrected chi connectivity index (χ3v) is 3.08. The second-order valence-electron chi connectivity index (χ2n) is 4.58. The molecule has 1 aromatic carbocycles. The molecule has 21 heavy (non-hydrogen) atoms. The van der Waals surface area contributed by atoms with Crippen LogP contribution in [0.3, 0.4) is 0 Å². The van der Waals surface area contributed by atoms with Crippen LogP contribution in [0.2, 0.25) is 0 Å². The van der Waals surface area contributed by atoms with Gasteiger partial charge >= 0.3 is 0 Å². The Morgan fingerprint density at radius 1 is 1.05 bits per heavy atom. The summed E-state index contributed by atoms with van der Waals surface area (Å²) in [7, 11) is 0. The Bertz CT molecular complexity index is 596. The van der Waals surface area contributed by atoms with Crippen molar-refractivity contribution in [2.45, 2.75) is 24.4 Å². The van der Waals surface area contributed by atoms with Gasteiger partial charge in [0.2, 0.25) is 0 Å². The van der Waals surface area contributed by atoms with Crippen LogP contribution in [0.4, 0.5) is 8.78 Å². The van der Waals surface area contributed by atoms with Gasteiger partial charge in [-0.05, 0) is 0 Å². The molecule has 0 aliphatic carbocycles. The Labute approximate surface area is 117 Å². The minimum atomic E-state index is -1.86. The Hall–Kier alpha value is -1.65. The zero-order valence-corrected chi connectivity index (χ0v) is 10.6. The Morgan fingerprint density at radius 2 is 1.67 bits per heavy atom. The minimum Gasteiger partial charge on any atom is -0.394 e. The van der Waals surface area contributed by atoms with Gasteiger partial charge in [-0.3, -0.25) is 0 Å². The average Bonchev–Trinajstić information content (AvgIpc) is 2.87. The maximum atomic E-state index is 13.1. The highest BCUT2D eigenvalue weighted by molar-refractivity contribution is 5.75. The summed E-state index contributed by atoms with van der Waals surface area (Å²) in [5.74, 6) is -2.47. The largest absolute Gasteiger partial charge is 0.394 e. The van der Waals surface area contributed by atoms with Gasteiger partial charge in [0.05, 0.1) is 17.6 Å². The van der Waals surface area contributed by atoms with Crippen molar-refractivity contribution >= 4 is 11.0 Å². The molecule has 2 rings (SSSR count). The summed E-state index contributed by atoms with van der Waals surface area (Å²) in [4.78, 5) is 6.25. The van der Waals surface area contributed by atoms with Crippen LogP contribution in [-0.2, 0) is 0 Å². The van der Waals surface area contributed by atoms with Gasteiger partial charge in [0, 0.05) is 12.1 Å². The number of aromatic nitrogens is 2. The molecule has 0 fully saturated rings. The number of nitrogens with zero attached hydrogens (tertiary/aromatic N) is 1. The van der Waals surface area contributed by atoms with Crippen molar-refractivity contribution in [2.75, 3.05) is 6.61 Å². The second-order valence-corrected chi connectivity index (χ2v) is 4.58. The van der Waals surface area contributed by atoms with Gasteiger partial charge in [0.25, 0.3) is 0 Å². The molecule has 1 heterocycles. The smallest absolute Gasteiger partial charge is 0.161 e. The fourth-order valence-corrected chi connectivity index (χ4v) is 1.85. The number of nitrogens with one attached hydrogen (secondary N) is 1. The predicted octanol–water partition coefficient (Wildman–Crippen LogP) is -1.05. The maximum absolute atomic E-state index is 13.1. The summed E-state index contributed by atoms with van der Waals surface area (Å²) in [6, 6.07) is 1.64. The number of aliphatic hydroxyl groups is 5. The van der Waals surface area contributed by atoms with Crippen LogP contribution in [-0.4, -0.2) is 60.4 Å². The van der Waals surface area contributed by atoms with Crippen molar-refractivity contribution < 1.29 is 34.3 Å². The molecule has 116 valence electrons. The molecule has 2 unspecified atom stereocenters. The first kappa shape index (κ1) is 15.7. The third-order valence-electron chi connectivity index (χ3n) is 3.08. The van der Waals surface area contributed by atoms with Gasteiger partial charge in [-0.25, -0.2) is 13.8 Å². The van der Waals surface area contributed by atoms with Crippen molar-refractivity contribution in [3.05, 3.63) is 29.6 Å². The molecule has 0 bridgehead atoms. The van der Waals surface area contributed by atoms with E-state index in [9.17, 15) is 29.2 Å². The summed E-state index contributed by atoms with van der Waals surface area (Å²) in [5, 5.41) is 46.9. The van der Waals surface area contributed by atoms with Gasteiger partial charge in [-0.1, -0.05) is 0 Å². The van der Waals surface area contributed by atoms with Gasteiger partial charge in [0.1, 0.15) is 30.2 Å². The highest BCUT2D eigenvalue weighted by Crippen LogP contribution is 2.22. The summed E-state index contributed by atoms with van der Waals surface area (Å²) in [5.41, 5.74) is 0.111. The molecular weight excluding hydrogens is 290 g/mol. The van der Waals surface area contributed by atoms with Crippen LogP contribution in [0.5, 0.6) is 0 Å². The highest BCUT2D eigenvalue weighted by atomic mass is 19.2. The number of rotatable bonds is 5. The Morgan fingerprint density at radius 3 is 2.29 bits per heavy atom. The quantitative estimate of drug-likeness (QED) is 0.418. The molecule has 2 aromatic rings. The summed E-state index contributed by atoms with van der Waals surface area (Å²) >= 11 is 0. The zero-order chi connectivity index (χ0) is 15.7. The molecule has 0 radical (unpaired) electrons. The normalized spacial score (nSPS) is 17.7. The van der Waals surface area contributed by atoms with Gasteiger partial charge in [0.15, 0.2) is 11.6 Å². The number of fused-ring (bicyclic) bond motifs is 1. The number of hydrogen-bond acceptors (Lipinski definition) is 6. The van der Waals surface area contributed by atoms with E-state index in [1.165, 1.54) is 0 Å². The topological polar surface area (TPSA) is 130 Å². The summed E-state index contributed by atoms with van der Waals surface area (Å²) in [6.07, 6.45) is -7.09. The van der Waals surface area contributed by atoms with Crippen molar-refractivity contribution in [3.63, 3.8) is 0 Å². The number of aromatic amines is 1. The molecule has 0 saturated heterocycles. The molecule has 7 nitrogen and oxygen atoms in total. The standard InChI is InChI=1S/C12H14F2N2O5/c13-4-1-6-7(2-5(4)14)16-12(15-6)11(21)10(20)9(19)8(18)3-17/h1-2,8-11,17-21H,3H2,(H,15,16)/t8?,9-,10?,11-/m0/s1. The molecule has 0 saturated carbocycles. The number of benzene rings is 1. The van der Waals surface area contributed by atoms with Crippen molar-refractivity contribution in [1.29, 1.82) is 0 Å². The van der Waals surface area contributed by atoms with E-state index in [0.29, 0.717) is 0 Å². The minimum absolute atomic E-state index is 0.0207. The van der Waals surface area contributed by atoms with Crippen molar-refractivity contribution in [2.24, 2.45) is 0 Å². The van der Waals surface area contributed by atoms with Crippen molar-refractivity contribution in [1.82, 2.24) is 9.97 Å². The van der Waals surface area contributed by atoms with E-state index in [1.807, 2.05) is 0 Å². The molecule has 6 N–H and O–H groups in total. The van der Waals surface area contributed by atoms with E-state index >= 15 is 0 Å². The number of imidazole rings is 1. The van der Waals surface area contributed by atoms with E-state index in [-0.39, 0.29) is 16.9 Å². The molecule has 0 spiro atoms. The zero-order valence-electron chi connectivity index (χ0n) is 10.6. The maximum Gasteiger partial charge on any atom is 0.161 e. The lowest BCUT2D eigenvalue weighted by atomic mass is 10.0. The fourth-order valence-electron chi connectivity index (χ4n) is 1.85. The van der Waals surface area contributed by atoms with E-state index in [4.69, 9.17) is 5.11 Å². The van der Waals surface area contributed by atoms with Crippen LogP contribution in [0.1, 0.15) is 11.9 Å². The second kappa shape index (κ2) is 6.00. The number of H-pyrrole nitrogens is 1. The van der Waals surface area contributed by atoms with Gasteiger partial charge < -0.3 is 30.5 Å². The molecule has 9 heteroatoms. The summed E-state index contributed by atoms with van der Waals surface area (Å²) in [6.45, 7) is -0.818. The fraction of sp³-hybridized carbons (Fsp3) is 0.417. The molecule has 0 aliphatic rings. The number of halogens is 2. The highest BCUT2D eigenvalue weighted by Gasteiger charge is 2.32. The molecule has 4 atom stereocenters. The van der Waals surface area contributed by atoms with Gasteiger partial charge in [-0.2, -0.15) is 0 Å². The van der Waals surface area contributed by atoms with E-state index in [1.54, 1.807) is 0 Å². The lowest BCUT2D eigenvalue weighted by molar-refractivity contribution is -0.117. The first-order valence-electron chi connectivity index (χ1n) is 6.03. The number of aliphatic hydroxyl groups excluding tert-OH is 5. The van der Waals surface area contributed by atoms with Crippen molar-refractivity contribution in [3.8, 4) is 0 Å². The Balaban J connectivity index is 2.28. The van der Waals surface area contributed by atoms with E-state index < -0.39 is 42.7 Å². The lowest BCUT2D eigenvalue weighted by Gasteiger charge is -2.24. The number of hydrogen-bond donors (Lipinski definition) is 6. The molecule has 0 aliphatic heterocycles. The van der Waals surface area contributed by atoms with E-state index in [2.05, 4.69) is 9.97 Å². The van der Waals surface area contributed by atoms with Gasteiger partial charge in [-0.15, -0.1) is 0 Å². The lowest BCUT2D eigenvalue weighted by Crippen LogP contribution is -2.42. The first-order valence-corrected chi connectivity index (χ1v) is 6.03. The van der Waals surface area contributed by atoms with Crippen LogP contribution in [0, 0.1) is 11.6 Å². The first-order chi connectivity index (χ1) is 9.85. The monoisotopic (exact) mass is 304 g/mol. The van der Waals surface area contributed by atoms with Crippen LogP contribution in [0.25, 0.3) is 11.0 Å².